The highest BCUT2D eigenvalue weighted by atomic mass is 35.5. The van der Waals surface area contributed by atoms with Gasteiger partial charge in [0.25, 0.3) is 0 Å². The van der Waals surface area contributed by atoms with E-state index >= 15 is 0 Å². The minimum Gasteiger partial charge on any atom is -0.300 e. The van der Waals surface area contributed by atoms with Gasteiger partial charge in [-0.25, -0.2) is 0 Å². The van der Waals surface area contributed by atoms with E-state index in [1.807, 2.05) is 12.1 Å². The van der Waals surface area contributed by atoms with E-state index in [1.54, 1.807) is 0 Å². The standard InChI is InChI=1S/C27H32ClN3/c1-29(27(24-10-6-3-7-11-24)25-12-14-26(28)15-13-25)16-17-30-18-20-31(21-19-30)22-23-8-4-2-5-9-23/h2-15,27H,16-22H2,1H3. The summed E-state index contributed by atoms with van der Waals surface area (Å²) >= 11 is 6.14. The Morgan fingerprint density at radius 3 is 1.94 bits per heavy atom. The lowest BCUT2D eigenvalue weighted by molar-refractivity contribution is 0.114. The Morgan fingerprint density at radius 1 is 0.742 bits per heavy atom. The van der Waals surface area contributed by atoms with Crippen molar-refractivity contribution >= 4 is 11.6 Å². The summed E-state index contributed by atoms with van der Waals surface area (Å²) < 4.78 is 0. The molecule has 1 atom stereocenters. The molecule has 1 fully saturated rings. The van der Waals surface area contributed by atoms with Gasteiger partial charge < -0.3 is 0 Å². The maximum atomic E-state index is 6.14. The summed E-state index contributed by atoms with van der Waals surface area (Å²) in [7, 11) is 2.23. The molecule has 162 valence electrons. The monoisotopic (exact) mass is 433 g/mol. The molecule has 3 aromatic carbocycles. The van der Waals surface area contributed by atoms with Crippen LogP contribution in [0.4, 0.5) is 0 Å². The fourth-order valence-corrected chi connectivity index (χ4v) is 4.55. The van der Waals surface area contributed by atoms with Gasteiger partial charge in [0.2, 0.25) is 0 Å². The summed E-state index contributed by atoms with van der Waals surface area (Å²) in [4.78, 5) is 7.63. The quantitative estimate of drug-likeness (QED) is 0.484. The normalized spacial score (nSPS) is 16.5. The van der Waals surface area contributed by atoms with Gasteiger partial charge in [-0.05, 0) is 35.9 Å². The van der Waals surface area contributed by atoms with Crippen molar-refractivity contribution in [1.29, 1.82) is 0 Å². The van der Waals surface area contributed by atoms with Gasteiger partial charge in [0.15, 0.2) is 0 Å². The van der Waals surface area contributed by atoms with E-state index in [0.717, 1.165) is 50.8 Å². The largest absolute Gasteiger partial charge is 0.300 e. The average Bonchev–Trinajstić information content (AvgIpc) is 2.81. The Morgan fingerprint density at radius 2 is 1.29 bits per heavy atom. The molecule has 0 amide bonds. The molecule has 1 aliphatic heterocycles. The molecule has 0 aliphatic carbocycles. The van der Waals surface area contributed by atoms with E-state index in [-0.39, 0.29) is 6.04 Å². The highest BCUT2D eigenvalue weighted by Gasteiger charge is 2.21. The van der Waals surface area contributed by atoms with Gasteiger partial charge in [-0.3, -0.25) is 14.7 Å². The van der Waals surface area contributed by atoms with Crippen molar-refractivity contribution in [2.75, 3.05) is 46.3 Å². The van der Waals surface area contributed by atoms with Crippen molar-refractivity contribution in [1.82, 2.24) is 14.7 Å². The van der Waals surface area contributed by atoms with Crippen LogP contribution in [0.3, 0.4) is 0 Å². The highest BCUT2D eigenvalue weighted by molar-refractivity contribution is 6.30. The molecule has 1 saturated heterocycles. The maximum Gasteiger partial charge on any atom is 0.0599 e. The SMILES string of the molecule is CN(CCN1CCN(Cc2ccccc2)CC1)C(c1ccccc1)c1ccc(Cl)cc1. The zero-order valence-electron chi connectivity index (χ0n) is 18.3. The van der Waals surface area contributed by atoms with Crippen molar-refractivity contribution in [2.24, 2.45) is 0 Å². The number of hydrogen-bond acceptors (Lipinski definition) is 3. The van der Waals surface area contributed by atoms with E-state index in [1.165, 1.54) is 16.7 Å². The van der Waals surface area contributed by atoms with Crippen LogP contribution in [0.15, 0.2) is 84.9 Å². The molecular weight excluding hydrogens is 402 g/mol. The molecule has 0 N–H and O–H groups in total. The Kier molecular flexibility index (Phi) is 7.76. The van der Waals surface area contributed by atoms with Crippen LogP contribution in [0.2, 0.25) is 5.02 Å². The van der Waals surface area contributed by atoms with Gasteiger partial charge in [0, 0.05) is 50.8 Å². The molecule has 4 heteroatoms. The first-order chi connectivity index (χ1) is 15.2. The zero-order chi connectivity index (χ0) is 21.5. The van der Waals surface area contributed by atoms with Crippen molar-refractivity contribution in [3.63, 3.8) is 0 Å². The fraction of sp³-hybridized carbons (Fsp3) is 0.333. The third-order valence-corrected chi connectivity index (χ3v) is 6.48. The lowest BCUT2D eigenvalue weighted by Gasteiger charge is -2.36. The van der Waals surface area contributed by atoms with Gasteiger partial charge in [-0.1, -0.05) is 84.4 Å². The van der Waals surface area contributed by atoms with Gasteiger partial charge in [-0.2, -0.15) is 0 Å². The average molecular weight is 434 g/mol. The van der Waals surface area contributed by atoms with Crippen molar-refractivity contribution in [2.45, 2.75) is 12.6 Å². The Balaban J connectivity index is 1.33. The third kappa shape index (κ3) is 6.18. The minimum atomic E-state index is 0.234. The number of rotatable bonds is 8. The molecule has 1 unspecified atom stereocenters. The summed E-state index contributed by atoms with van der Waals surface area (Å²) in [6, 6.07) is 30.1. The lowest BCUT2D eigenvalue weighted by Crippen LogP contribution is -2.48. The van der Waals surface area contributed by atoms with Gasteiger partial charge in [0.1, 0.15) is 0 Å². The summed E-state index contributed by atoms with van der Waals surface area (Å²) in [6.07, 6.45) is 0. The molecular formula is C27H32ClN3. The number of halogens is 1. The molecule has 0 bridgehead atoms. The maximum absolute atomic E-state index is 6.14. The molecule has 3 aromatic rings. The zero-order valence-corrected chi connectivity index (χ0v) is 19.1. The van der Waals surface area contributed by atoms with E-state index < -0.39 is 0 Å². The van der Waals surface area contributed by atoms with Gasteiger partial charge in [-0.15, -0.1) is 0 Å². The molecule has 0 radical (unpaired) electrons. The second-order valence-electron chi connectivity index (χ2n) is 8.45. The predicted molar refractivity (Wildman–Crippen MR) is 131 cm³/mol. The summed E-state index contributed by atoms with van der Waals surface area (Å²) in [5.74, 6) is 0. The summed E-state index contributed by atoms with van der Waals surface area (Å²) in [5.41, 5.74) is 4.01. The Labute approximate surface area is 191 Å². The van der Waals surface area contributed by atoms with Crippen LogP contribution < -0.4 is 0 Å². The minimum absolute atomic E-state index is 0.234. The predicted octanol–water partition coefficient (Wildman–Crippen LogP) is 5.18. The Bertz CT molecular complexity index is 906. The van der Waals surface area contributed by atoms with E-state index in [2.05, 4.69) is 94.5 Å². The first-order valence-corrected chi connectivity index (χ1v) is 11.6. The first kappa shape index (κ1) is 22.0. The molecule has 4 rings (SSSR count). The molecule has 0 spiro atoms. The number of hydrogen-bond donors (Lipinski definition) is 0. The third-order valence-electron chi connectivity index (χ3n) is 6.22. The molecule has 31 heavy (non-hydrogen) atoms. The van der Waals surface area contributed by atoms with Crippen LogP contribution in [0.1, 0.15) is 22.7 Å². The second kappa shape index (κ2) is 10.9. The topological polar surface area (TPSA) is 9.72 Å². The van der Waals surface area contributed by atoms with Crippen molar-refractivity contribution in [3.8, 4) is 0 Å². The van der Waals surface area contributed by atoms with Crippen LogP contribution in [0.5, 0.6) is 0 Å². The highest BCUT2D eigenvalue weighted by Crippen LogP contribution is 2.28. The number of nitrogens with zero attached hydrogens (tertiary/aromatic N) is 3. The van der Waals surface area contributed by atoms with Crippen LogP contribution in [0, 0.1) is 0 Å². The fourth-order valence-electron chi connectivity index (χ4n) is 4.42. The molecule has 1 heterocycles. The first-order valence-electron chi connectivity index (χ1n) is 11.2. The smallest absolute Gasteiger partial charge is 0.0599 e. The molecule has 1 aliphatic rings. The molecule has 0 aromatic heterocycles. The van der Waals surface area contributed by atoms with E-state index in [9.17, 15) is 0 Å². The van der Waals surface area contributed by atoms with E-state index in [4.69, 9.17) is 11.6 Å². The van der Waals surface area contributed by atoms with Gasteiger partial charge in [0.05, 0.1) is 6.04 Å². The summed E-state index contributed by atoms with van der Waals surface area (Å²) in [5, 5.41) is 0.784. The lowest BCUT2D eigenvalue weighted by atomic mass is 9.97. The molecule has 0 saturated carbocycles. The molecule has 3 nitrogen and oxygen atoms in total. The summed E-state index contributed by atoms with van der Waals surface area (Å²) in [6.45, 7) is 7.72. The van der Waals surface area contributed by atoms with Crippen LogP contribution in [0.25, 0.3) is 0 Å². The van der Waals surface area contributed by atoms with Crippen LogP contribution >= 0.6 is 11.6 Å². The van der Waals surface area contributed by atoms with Crippen molar-refractivity contribution < 1.29 is 0 Å². The number of piperazine rings is 1. The number of benzene rings is 3. The van der Waals surface area contributed by atoms with Crippen molar-refractivity contribution in [3.05, 3.63) is 107 Å². The Hall–Kier alpha value is -2.17. The second-order valence-corrected chi connectivity index (χ2v) is 8.89. The number of likely N-dealkylation sites (N-methyl/N-ethyl adjacent to an activating group) is 1. The van der Waals surface area contributed by atoms with Gasteiger partial charge >= 0.3 is 0 Å². The van der Waals surface area contributed by atoms with Crippen LogP contribution in [-0.2, 0) is 6.54 Å². The van der Waals surface area contributed by atoms with E-state index in [0.29, 0.717) is 0 Å². The van der Waals surface area contributed by atoms with Crippen LogP contribution in [-0.4, -0.2) is 61.0 Å².